The molecule has 0 aromatic carbocycles. The summed E-state index contributed by atoms with van der Waals surface area (Å²) >= 11 is 0. The third kappa shape index (κ3) is 1.80. The van der Waals surface area contributed by atoms with Crippen LogP contribution in [0.4, 0.5) is 0 Å². The van der Waals surface area contributed by atoms with E-state index < -0.39 is 0 Å². The molecule has 0 fully saturated rings. The topological polar surface area (TPSA) is 12.9 Å². The molecule has 0 spiro atoms. The summed E-state index contributed by atoms with van der Waals surface area (Å²) in [5.41, 5.74) is 3.23. The summed E-state index contributed by atoms with van der Waals surface area (Å²) in [4.78, 5) is 4.58. The molecule has 15 heavy (non-hydrogen) atoms. The molecule has 2 atom stereocenters. The van der Waals surface area contributed by atoms with Gasteiger partial charge in [-0.15, -0.1) is 0 Å². The van der Waals surface area contributed by atoms with Gasteiger partial charge in [-0.25, -0.2) is 0 Å². The molecule has 1 heterocycles. The number of hydrogen-bond donors (Lipinski definition) is 0. The molecule has 0 saturated heterocycles. The Kier molecular flexibility index (Phi) is 2.57. The predicted octanol–water partition coefficient (Wildman–Crippen LogP) is 3.79. The zero-order valence-electron chi connectivity index (χ0n) is 10.2. The van der Waals surface area contributed by atoms with Crippen LogP contribution >= 0.6 is 0 Å². The van der Waals surface area contributed by atoms with Crippen LogP contribution in [0.1, 0.15) is 51.3 Å². The summed E-state index contributed by atoms with van der Waals surface area (Å²) in [5.74, 6) is 1.42. The van der Waals surface area contributed by atoms with Crippen LogP contribution in [-0.4, -0.2) is 4.98 Å². The third-order valence-electron chi connectivity index (χ3n) is 3.76. The van der Waals surface area contributed by atoms with E-state index in [2.05, 4.69) is 44.8 Å². The van der Waals surface area contributed by atoms with Crippen molar-refractivity contribution >= 4 is 0 Å². The Balaban J connectivity index is 2.37. The first-order chi connectivity index (χ1) is 7.04. The quantitative estimate of drug-likeness (QED) is 0.676. The minimum absolute atomic E-state index is 0.390. The molecule has 0 bridgehead atoms. The van der Waals surface area contributed by atoms with Gasteiger partial charge in [0.25, 0.3) is 0 Å². The fraction of sp³-hybridized carbons (Fsp3) is 0.643. The molecule has 0 radical (unpaired) electrons. The first-order valence-electron chi connectivity index (χ1n) is 5.97. The Morgan fingerprint density at radius 1 is 1.40 bits per heavy atom. The highest BCUT2D eigenvalue weighted by atomic mass is 14.7. The van der Waals surface area contributed by atoms with Gasteiger partial charge in [0.2, 0.25) is 0 Å². The van der Waals surface area contributed by atoms with Gasteiger partial charge < -0.3 is 0 Å². The largest absolute Gasteiger partial charge is 0.261 e. The van der Waals surface area contributed by atoms with Crippen molar-refractivity contribution in [1.82, 2.24) is 4.98 Å². The van der Waals surface area contributed by atoms with E-state index in [-0.39, 0.29) is 0 Å². The van der Waals surface area contributed by atoms with E-state index in [1.807, 2.05) is 6.20 Å². The maximum Gasteiger partial charge on any atom is 0.0469 e. The van der Waals surface area contributed by atoms with Crippen molar-refractivity contribution < 1.29 is 0 Å². The molecule has 0 saturated carbocycles. The number of hydrogen-bond acceptors (Lipinski definition) is 1. The highest BCUT2D eigenvalue weighted by Gasteiger charge is 2.38. The Hall–Kier alpha value is -0.850. The number of aromatic nitrogens is 1. The molecule has 1 heteroatoms. The summed E-state index contributed by atoms with van der Waals surface area (Å²) in [5, 5.41) is 0. The highest BCUT2D eigenvalue weighted by Crippen LogP contribution is 2.47. The number of pyridine rings is 1. The smallest absolute Gasteiger partial charge is 0.0469 e. The van der Waals surface area contributed by atoms with Gasteiger partial charge in [-0.05, 0) is 35.8 Å². The highest BCUT2D eigenvalue weighted by molar-refractivity contribution is 5.31. The van der Waals surface area contributed by atoms with Gasteiger partial charge in [-0.2, -0.15) is 0 Å². The molecule has 1 aliphatic rings. The Morgan fingerprint density at radius 2 is 2.13 bits per heavy atom. The lowest BCUT2D eigenvalue weighted by molar-refractivity contribution is 0.210. The molecule has 2 unspecified atom stereocenters. The van der Waals surface area contributed by atoms with Crippen molar-refractivity contribution in [3.63, 3.8) is 0 Å². The molecule has 0 N–H and O–H groups in total. The molecule has 1 aliphatic carbocycles. The van der Waals surface area contributed by atoms with Crippen LogP contribution < -0.4 is 0 Å². The zero-order chi connectivity index (χ0) is 11.1. The van der Waals surface area contributed by atoms with Gasteiger partial charge in [-0.3, -0.25) is 4.98 Å². The van der Waals surface area contributed by atoms with Crippen LogP contribution in [0.15, 0.2) is 18.3 Å². The fourth-order valence-electron chi connectivity index (χ4n) is 2.91. The van der Waals surface area contributed by atoms with Crippen molar-refractivity contribution in [1.29, 1.82) is 0 Å². The standard InChI is InChI=1S/C14H21N/c1-5-11-12(14(2,3)4)9-10-7-6-8-15-13(10)11/h6-8,11-12H,5,9H2,1-4H3. The van der Waals surface area contributed by atoms with Gasteiger partial charge in [0.15, 0.2) is 0 Å². The second-order valence-electron chi connectivity index (χ2n) is 5.74. The van der Waals surface area contributed by atoms with Crippen LogP contribution in [0.3, 0.4) is 0 Å². The van der Waals surface area contributed by atoms with Crippen molar-refractivity contribution in [2.45, 2.75) is 46.5 Å². The minimum atomic E-state index is 0.390. The van der Waals surface area contributed by atoms with Gasteiger partial charge in [0, 0.05) is 17.8 Å². The number of fused-ring (bicyclic) bond motifs is 1. The summed E-state index contributed by atoms with van der Waals surface area (Å²) in [6.07, 6.45) is 4.36. The van der Waals surface area contributed by atoms with Gasteiger partial charge in [0.05, 0.1) is 0 Å². The molecule has 1 aromatic rings. The van der Waals surface area contributed by atoms with Crippen molar-refractivity contribution in [2.24, 2.45) is 11.3 Å². The van der Waals surface area contributed by atoms with E-state index >= 15 is 0 Å². The molecule has 82 valence electrons. The second-order valence-corrected chi connectivity index (χ2v) is 5.74. The summed E-state index contributed by atoms with van der Waals surface area (Å²) in [7, 11) is 0. The first kappa shape index (κ1) is 10.7. The average molecular weight is 203 g/mol. The third-order valence-corrected chi connectivity index (χ3v) is 3.76. The van der Waals surface area contributed by atoms with E-state index in [1.54, 1.807) is 0 Å². The SMILES string of the molecule is CCC1c2ncccc2CC1C(C)(C)C. The number of nitrogens with zero attached hydrogens (tertiary/aromatic N) is 1. The first-order valence-corrected chi connectivity index (χ1v) is 5.97. The molecule has 0 amide bonds. The van der Waals surface area contributed by atoms with Gasteiger partial charge >= 0.3 is 0 Å². The van der Waals surface area contributed by atoms with E-state index in [0.717, 1.165) is 5.92 Å². The Labute approximate surface area is 92.9 Å². The lowest BCUT2D eigenvalue weighted by Gasteiger charge is -2.31. The van der Waals surface area contributed by atoms with Gasteiger partial charge in [-0.1, -0.05) is 33.8 Å². The molecular formula is C14H21N. The van der Waals surface area contributed by atoms with E-state index in [4.69, 9.17) is 0 Å². The van der Waals surface area contributed by atoms with Crippen LogP contribution in [-0.2, 0) is 6.42 Å². The van der Waals surface area contributed by atoms with Crippen molar-refractivity contribution in [3.8, 4) is 0 Å². The summed E-state index contributed by atoms with van der Waals surface area (Å²) in [6.45, 7) is 9.35. The van der Waals surface area contributed by atoms with Crippen LogP contribution in [0.5, 0.6) is 0 Å². The van der Waals surface area contributed by atoms with E-state index in [1.165, 1.54) is 24.1 Å². The van der Waals surface area contributed by atoms with Crippen LogP contribution in [0.25, 0.3) is 0 Å². The predicted molar refractivity (Wildman–Crippen MR) is 63.9 cm³/mol. The Morgan fingerprint density at radius 3 is 2.73 bits per heavy atom. The molecule has 2 rings (SSSR count). The monoisotopic (exact) mass is 203 g/mol. The molecule has 1 nitrogen and oxygen atoms in total. The second kappa shape index (κ2) is 3.62. The summed E-state index contributed by atoms with van der Waals surface area (Å²) in [6, 6.07) is 4.31. The average Bonchev–Trinajstić information content (AvgIpc) is 2.55. The summed E-state index contributed by atoms with van der Waals surface area (Å²) < 4.78 is 0. The van der Waals surface area contributed by atoms with Crippen LogP contribution in [0.2, 0.25) is 0 Å². The van der Waals surface area contributed by atoms with Crippen molar-refractivity contribution in [3.05, 3.63) is 29.6 Å². The lowest BCUT2D eigenvalue weighted by Crippen LogP contribution is -2.24. The maximum absolute atomic E-state index is 4.58. The Bertz CT molecular complexity index is 349. The van der Waals surface area contributed by atoms with E-state index in [0.29, 0.717) is 11.3 Å². The van der Waals surface area contributed by atoms with Gasteiger partial charge in [0.1, 0.15) is 0 Å². The minimum Gasteiger partial charge on any atom is -0.261 e. The van der Waals surface area contributed by atoms with E-state index in [9.17, 15) is 0 Å². The molecular weight excluding hydrogens is 182 g/mol. The van der Waals surface area contributed by atoms with Crippen LogP contribution in [0, 0.1) is 11.3 Å². The fourth-order valence-corrected chi connectivity index (χ4v) is 2.91. The van der Waals surface area contributed by atoms with Crippen molar-refractivity contribution in [2.75, 3.05) is 0 Å². The molecule has 1 aromatic heterocycles. The molecule has 0 aliphatic heterocycles. The number of rotatable bonds is 1. The maximum atomic E-state index is 4.58. The lowest BCUT2D eigenvalue weighted by atomic mass is 9.73. The normalized spacial score (nSPS) is 25.3. The zero-order valence-corrected chi connectivity index (χ0v) is 10.2.